The Morgan fingerprint density at radius 3 is 1.86 bits per heavy atom. The van der Waals surface area contributed by atoms with Crippen molar-refractivity contribution in [1.82, 2.24) is 0 Å². The molecule has 3 rings (SSSR count). The van der Waals surface area contributed by atoms with Gasteiger partial charge in [0, 0.05) is 0 Å². The Hall–Kier alpha value is -3.40. The molecule has 0 aromatic heterocycles. The van der Waals surface area contributed by atoms with Crippen LogP contribution in [0.3, 0.4) is 0 Å². The minimum atomic E-state index is -0.477. The number of ether oxygens (including phenoxy) is 2. The van der Waals surface area contributed by atoms with Crippen LogP contribution < -0.4 is 4.74 Å². The van der Waals surface area contributed by atoms with Gasteiger partial charge in [0.25, 0.3) is 0 Å². The monoisotopic (exact) mass is 374 g/mol. The highest BCUT2D eigenvalue weighted by molar-refractivity contribution is 5.94. The Labute approximate surface area is 164 Å². The molecule has 1 atom stereocenters. The van der Waals surface area contributed by atoms with Gasteiger partial charge in [-0.1, -0.05) is 49.4 Å². The SMILES string of the molecule is CCC(C)OC(=O)c1ccc(C(=O)Oc2ccc(-c3ccccc3)cc2)cc1. The Kier molecular flexibility index (Phi) is 6.22. The van der Waals surface area contributed by atoms with E-state index in [0.29, 0.717) is 16.9 Å². The third-order valence-electron chi connectivity index (χ3n) is 4.41. The van der Waals surface area contributed by atoms with Gasteiger partial charge in [0.1, 0.15) is 5.75 Å². The van der Waals surface area contributed by atoms with E-state index in [9.17, 15) is 9.59 Å². The topological polar surface area (TPSA) is 52.6 Å². The maximum Gasteiger partial charge on any atom is 0.343 e. The number of carbonyl (C=O) groups excluding carboxylic acids is 2. The van der Waals surface area contributed by atoms with Gasteiger partial charge in [-0.2, -0.15) is 0 Å². The number of hydrogen-bond donors (Lipinski definition) is 0. The van der Waals surface area contributed by atoms with Crippen molar-refractivity contribution in [3.05, 3.63) is 90.0 Å². The maximum absolute atomic E-state index is 12.3. The first-order valence-electron chi connectivity index (χ1n) is 9.25. The van der Waals surface area contributed by atoms with Crippen LogP contribution in [-0.4, -0.2) is 18.0 Å². The van der Waals surface area contributed by atoms with Crippen molar-refractivity contribution in [2.75, 3.05) is 0 Å². The fourth-order valence-electron chi connectivity index (χ4n) is 2.59. The van der Waals surface area contributed by atoms with Gasteiger partial charge in [-0.25, -0.2) is 9.59 Å². The number of rotatable bonds is 6. The molecule has 0 fully saturated rings. The average molecular weight is 374 g/mol. The fraction of sp³-hybridized carbons (Fsp3) is 0.167. The van der Waals surface area contributed by atoms with Crippen molar-refractivity contribution >= 4 is 11.9 Å². The Morgan fingerprint density at radius 1 is 0.750 bits per heavy atom. The van der Waals surface area contributed by atoms with Gasteiger partial charge in [-0.05, 0) is 60.9 Å². The molecule has 0 amide bonds. The summed E-state index contributed by atoms with van der Waals surface area (Å²) in [5, 5.41) is 0. The molecular formula is C24H22O4. The molecule has 0 bridgehead atoms. The summed E-state index contributed by atoms with van der Waals surface area (Å²) in [6, 6.07) is 23.6. The number of hydrogen-bond acceptors (Lipinski definition) is 4. The normalized spacial score (nSPS) is 11.5. The van der Waals surface area contributed by atoms with Gasteiger partial charge < -0.3 is 9.47 Å². The fourth-order valence-corrected chi connectivity index (χ4v) is 2.59. The zero-order chi connectivity index (χ0) is 19.9. The third kappa shape index (κ3) is 4.86. The second kappa shape index (κ2) is 9.00. The third-order valence-corrected chi connectivity index (χ3v) is 4.41. The standard InChI is InChI=1S/C24H22O4/c1-3-17(2)27-23(25)20-9-11-21(12-10-20)24(26)28-22-15-13-19(14-16-22)18-7-5-4-6-8-18/h4-17H,3H2,1-2H3. The van der Waals surface area contributed by atoms with Gasteiger partial charge in [0.2, 0.25) is 0 Å². The molecule has 1 unspecified atom stereocenters. The van der Waals surface area contributed by atoms with Crippen LogP contribution in [0.1, 0.15) is 41.0 Å². The van der Waals surface area contributed by atoms with E-state index in [1.165, 1.54) is 0 Å². The van der Waals surface area contributed by atoms with Crippen molar-refractivity contribution in [2.45, 2.75) is 26.4 Å². The van der Waals surface area contributed by atoms with E-state index >= 15 is 0 Å². The summed E-state index contributed by atoms with van der Waals surface area (Å²) in [6.07, 6.45) is 0.607. The predicted octanol–water partition coefficient (Wildman–Crippen LogP) is 5.53. The highest BCUT2D eigenvalue weighted by atomic mass is 16.5. The van der Waals surface area contributed by atoms with Crippen LogP contribution in [0.2, 0.25) is 0 Å². The lowest BCUT2D eigenvalue weighted by Gasteiger charge is -2.11. The molecule has 0 aliphatic carbocycles. The molecule has 142 valence electrons. The molecule has 4 heteroatoms. The van der Waals surface area contributed by atoms with Gasteiger partial charge in [-0.3, -0.25) is 0 Å². The molecule has 0 saturated heterocycles. The Balaban J connectivity index is 1.64. The largest absolute Gasteiger partial charge is 0.459 e. The van der Waals surface area contributed by atoms with Gasteiger partial charge >= 0.3 is 11.9 Å². The molecule has 0 saturated carbocycles. The summed E-state index contributed by atoms with van der Waals surface area (Å²) >= 11 is 0. The van der Waals surface area contributed by atoms with E-state index in [4.69, 9.17) is 9.47 Å². The van der Waals surface area contributed by atoms with Crippen LogP contribution in [0.25, 0.3) is 11.1 Å². The molecule has 3 aromatic carbocycles. The van der Waals surface area contributed by atoms with E-state index in [2.05, 4.69) is 0 Å². The van der Waals surface area contributed by atoms with E-state index in [1.807, 2.05) is 56.3 Å². The first-order chi connectivity index (χ1) is 13.6. The lowest BCUT2D eigenvalue weighted by atomic mass is 10.1. The lowest BCUT2D eigenvalue weighted by Crippen LogP contribution is -2.14. The summed E-state index contributed by atoms with van der Waals surface area (Å²) in [6.45, 7) is 3.79. The average Bonchev–Trinajstić information content (AvgIpc) is 2.75. The van der Waals surface area contributed by atoms with Crippen molar-refractivity contribution in [1.29, 1.82) is 0 Å². The second-order valence-electron chi connectivity index (χ2n) is 6.48. The summed E-state index contributed by atoms with van der Waals surface area (Å²) in [5.41, 5.74) is 2.92. The zero-order valence-electron chi connectivity index (χ0n) is 15.9. The number of benzene rings is 3. The van der Waals surface area contributed by atoms with E-state index in [-0.39, 0.29) is 6.10 Å². The van der Waals surface area contributed by atoms with Gasteiger partial charge in [0.15, 0.2) is 0 Å². The molecule has 0 radical (unpaired) electrons. The van der Waals surface area contributed by atoms with E-state index < -0.39 is 11.9 Å². The second-order valence-corrected chi connectivity index (χ2v) is 6.48. The molecule has 0 heterocycles. The molecule has 3 aromatic rings. The molecule has 0 N–H and O–H groups in total. The molecule has 0 spiro atoms. The number of esters is 2. The molecule has 0 aliphatic rings. The van der Waals surface area contributed by atoms with Crippen molar-refractivity contribution in [3.63, 3.8) is 0 Å². The van der Waals surface area contributed by atoms with Gasteiger partial charge in [0.05, 0.1) is 17.2 Å². The van der Waals surface area contributed by atoms with Crippen molar-refractivity contribution in [2.24, 2.45) is 0 Å². The van der Waals surface area contributed by atoms with Crippen LogP contribution in [0, 0.1) is 0 Å². The van der Waals surface area contributed by atoms with Crippen LogP contribution >= 0.6 is 0 Å². The zero-order valence-corrected chi connectivity index (χ0v) is 15.9. The first kappa shape index (κ1) is 19.4. The van der Waals surface area contributed by atoms with Crippen molar-refractivity contribution in [3.8, 4) is 16.9 Å². The number of carbonyl (C=O) groups is 2. The molecule has 0 aliphatic heterocycles. The minimum absolute atomic E-state index is 0.143. The highest BCUT2D eigenvalue weighted by Crippen LogP contribution is 2.22. The van der Waals surface area contributed by atoms with Crippen molar-refractivity contribution < 1.29 is 19.1 Å². The smallest absolute Gasteiger partial charge is 0.343 e. The van der Waals surface area contributed by atoms with Crippen LogP contribution in [0.15, 0.2) is 78.9 Å². The Morgan fingerprint density at radius 2 is 1.29 bits per heavy atom. The summed E-state index contributed by atoms with van der Waals surface area (Å²) < 4.78 is 10.7. The van der Waals surface area contributed by atoms with Crippen LogP contribution in [0.4, 0.5) is 0 Å². The molecule has 4 nitrogen and oxygen atoms in total. The lowest BCUT2D eigenvalue weighted by molar-refractivity contribution is 0.0334. The molecule has 28 heavy (non-hydrogen) atoms. The Bertz CT molecular complexity index is 929. The first-order valence-corrected chi connectivity index (χ1v) is 9.25. The summed E-state index contributed by atoms with van der Waals surface area (Å²) in [4.78, 5) is 24.3. The van der Waals surface area contributed by atoms with E-state index in [0.717, 1.165) is 17.5 Å². The maximum atomic E-state index is 12.3. The molecular weight excluding hydrogens is 352 g/mol. The highest BCUT2D eigenvalue weighted by Gasteiger charge is 2.13. The van der Waals surface area contributed by atoms with Crippen LogP contribution in [0.5, 0.6) is 5.75 Å². The summed E-state index contributed by atoms with van der Waals surface area (Å²) in [7, 11) is 0. The van der Waals surface area contributed by atoms with Crippen LogP contribution in [-0.2, 0) is 4.74 Å². The van der Waals surface area contributed by atoms with Gasteiger partial charge in [-0.15, -0.1) is 0 Å². The minimum Gasteiger partial charge on any atom is -0.459 e. The van der Waals surface area contributed by atoms with E-state index in [1.54, 1.807) is 36.4 Å². The quantitative estimate of drug-likeness (QED) is 0.421. The predicted molar refractivity (Wildman–Crippen MR) is 108 cm³/mol. The summed E-state index contributed by atoms with van der Waals surface area (Å²) in [5.74, 6) is -0.412.